The summed E-state index contributed by atoms with van der Waals surface area (Å²) in [7, 11) is 0. The van der Waals surface area contributed by atoms with Crippen LogP contribution >= 0.6 is 0 Å². The predicted molar refractivity (Wildman–Crippen MR) is 156 cm³/mol. The van der Waals surface area contributed by atoms with Crippen molar-refractivity contribution in [3.8, 4) is 0 Å². The van der Waals surface area contributed by atoms with Gasteiger partial charge < -0.3 is 15.5 Å². The van der Waals surface area contributed by atoms with Gasteiger partial charge in [0.25, 0.3) is 0 Å². The minimum Gasteiger partial charge on any atom is -0.394 e. The van der Waals surface area contributed by atoms with Crippen molar-refractivity contribution in [3.05, 3.63) is 72.9 Å². The summed E-state index contributed by atoms with van der Waals surface area (Å²) in [6.45, 7) is 3.90. The Morgan fingerprint density at radius 3 is 1.94 bits per heavy atom. The second kappa shape index (κ2) is 27.4. The number of hydrogen-bond acceptors (Lipinski definition) is 3. The van der Waals surface area contributed by atoms with Gasteiger partial charge >= 0.3 is 0 Å². The number of unbranched alkanes of at least 4 members (excludes halogenated alkanes) is 7. The number of amides is 1. The highest BCUT2D eigenvalue weighted by atomic mass is 16.3. The molecule has 0 aromatic heterocycles. The quantitative estimate of drug-likeness (QED) is 0.0998. The van der Waals surface area contributed by atoms with Gasteiger partial charge in [-0.1, -0.05) is 99.1 Å². The molecule has 0 aromatic carbocycles. The summed E-state index contributed by atoms with van der Waals surface area (Å²) in [5, 5.41) is 22.6. The van der Waals surface area contributed by atoms with E-state index >= 15 is 0 Å². The summed E-state index contributed by atoms with van der Waals surface area (Å²) in [5.74, 6) is -0.105. The van der Waals surface area contributed by atoms with Crippen molar-refractivity contribution in [2.24, 2.45) is 0 Å². The lowest BCUT2D eigenvalue weighted by atomic mass is 10.1. The van der Waals surface area contributed by atoms with Gasteiger partial charge in [0.15, 0.2) is 0 Å². The van der Waals surface area contributed by atoms with Crippen LogP contribution in [0.25, 0.3) is 0 Å². The molecule has 0 fully saturated rings. The third-order valence-electron chi connectivity index (χ3n) is 5.75. The molecule has 0 bridgehead atoms. The number of allylic oxidation sites excluding steroid dienone is 11. The SMILES string of the molecule is C/C=C/CC/C=C/CC/C=C/C(O)C(CO)NC(=O)CCCCCCC/C=C\C/C=C\C/C=C\CC. The molecule has 0 aliphatic rings. The molecule has 2 atom stereocenters. The number of rotatable bonds is 23. The van der Waals surface area contributed by atoms with Crippen molar-refractivity contribution in [2.45, 2.75) is 116 Å². The van der Waals surface area contributed by atoms with Crippen LogP contribution in [-0.2, 0) is 4.79 Å². The van der Waals surface area contributed by atoms with Crippen LogP contribution in [0.5, 0.6) is 0 Å². The van der Waals surface area contributed by atoms with Crippen LogP contribution in [0.3, 0.4) is 0 Å². The van der Waals surface area contributed by atoms with Crippen LogP contribution in [0.15, 0.2) is 72.9 Å². The van der Waals surface area contributed by atoms with Gasteiger partial charge in [0.05, 0.1) is 18.8 Å². The highest BCUT2D eigenvalue weighted by molar-refractivity contribution is 5.76. The Bertz CT molecular complexity index is 673. The molecule has 0 saturated heterocycles. The van der Waals surface area contributed by atoms with Gasteiger partial charge in [-0.15, -0.1) is 0 Å². The largest absolute Gasteiger partial charge is 0.394 e. The van der Waals surface area contributed by atoms with Gasteiger partial charge in [-0.05, 0) is 71.1 Å². The third kappa shape index (κ3) is 23.6. The molecule has 0 aliphatic carbocycles. The van der Waals surface area contributed by atoms with Crippen LogP contribution < -0.4 is 5.32 Å². The fraction of sp³-hybridized carbons (Fsp3) is 0.594. The summed E-state index contributed by atoms with van der Waals surface area (Å²) in [6, 6.07) is -0.653. The summed E-state index contributed by atoms with van der Waals surface area (Å²) in [6.07, 6.45) is 38.4. The van der Waals surface area contributed by atoms with Crippen LogP contribution in [-0.4, -0.2) is 34.9 Å². The maximum atomic E-state index is 12.2. The highest BCUT2D eigenvalue weighted by Crippen LogP contribution is 2.09. The zero-order chi connectivity index (χ0) is 26.5. The van der Waals surface area contributed by atoms with Crippen molar-refractivity contribution in [1.29, 1.82) is 0 Å². The standard InChI is InChI=1S/C32H53NO3/c1-3-5-7-9-11-13-14-15-16-17-18-20-22-24-26-28-32(36)33-30(29-34)31(35)27-25-23-21-19-12-10-8-6-4-2/h4-7,11-13,15-16,19,25,27,30-31,34-35H,3,8-10,14,17-18,20-24,26,28-29H2,1-2H3,(H,33,36)/b6-4+,7-5-,13-11-,16-15-,19-12+,27-25+. The number of nitrogens with one attached hydrogen (secondary N) is 1. The van der Waals surface area contributed by atoms with E-state index in [2.05, 4.69) is 73.0 Å². The lowest BCUT2D eigenvalue weighted by molar-refractivity contribution is -0.123. The van der Waals surface area contributed by atoms with Crippen LogP contribution in [0.1, 0.15) is 104 Å². The predicted octanol–water partition coefficient (Wildman–Crippen LogP) is 7.66. The van der Waals surface area contributed by atoms with E-state index < -0.39 is 12.1 Å². The van der Waals surface area contributed by atoms with E-state index in [1.807, 2.05) is 13.0 Å². The van der Waals surface area contributed by atoms with Gasteiger partial charge in [0.2, 0.25) is 5.91 Å². The highest BCUT2D eigenvalue weighted by Gasteiger charge is 2.17. The zero-order valence-electron chi connectivity index (χ0n) is 23.0. The molecule has 1 amide bonds. The molecular formula is C32H53NO3. The second-order valence-corrected chi connectivity index (χ2v) is 9.07. The first-order valence-corrected chi connectivity index (χ1v) is 14.1. The second-order valence-electron chi connectivity index (χ2n) is 9.07. The van der Waals surface area contributed by atoms with Crippen LogP contribution in [0.4, 0.5) is 0 Å². The Balaban J connectivity index is 3.81. The Kier molecular flexibility index (Phi) is 25.8. The summed E-state index contributed by atoms with van der Waals surface area (Å²) in [4.78, 5) is 12.2. The fourth-order valence-corrected chi connectivity index (χ4v) is 3.58. The maximum absolute atomic E-state index is 12.2. The average molecular weight is 500 g/mol. The van der Waals surface area contributed by atoms with Crippen molar-refractivity contribution in [2.75, 3.05) is 6.61 Å². The number of carbonyl (C=O) groups is 1. The Labute approximate surface area is 221 Å². The van der Waals surface area contributed by atoms with Gasteiger partial charge in [-0.2, -0.15) is 0 Å². The average Bonchev–Trinajstić information content (AvgIpc) is 2.88. The molecule has 0 spiro atoms. The number of hydrogen-bond donors (Lipinski definition) is 3. The van der Waals surface area contributed by atoms with Crippen LogP contribution in [0, 0.1) is 0 Å². The Hall–Kier alpha value is -2.17. The van der Waals surface area contributed by atoms with Crippen LogP contribution in [0.2, 0.25) is 0 Å². The van der Waals surface area contributed by atoms with Gasteiger partial charge in [0, 0.05) is 6.42 Å². The van der Waals surface area contributed by atoms with Gasteiger partial charge in [-0.3, -0.25) is 4.79 Å². The molecule has 0 aromatic rings. The first-order chi connectivity index (χ1) is 17.7. The normalized spacial score (nSPS) is 14.4. The van der Waals surface area contributed by atoms with Crippen molar-refractivity contribution >= 4 is 5.91 Å². The summed E-state index contributed by atoms with van der Waals surface area (Å²) < 4.78 is 0. The number of aliphatic hydroxyl groups is 2. The lowest BCUT2D eigenvalue weighted by Crippen LogP contribution is -2.45. The number of aliphatic hydroxyl groups excluding tert-OH is 2. The molecule has 3 N–H and O–H groups in total. The zero-order valence-corrected chi connectivity index (χ0v) is 23.0. The van der Waals surface area contributed by atoms with Crippen molar-refractivity contribution in [3.63, 3.8) is 0 Å². The molecule has 0 radical (unpaired) electrons. The van der Waals surface area contributed by atoms with Crippen molar-refractivity contribution < 1.29 is 15.0 Å². The first kappa shape index (κ1) is 33.8. The van der Waals surface area contributed by atoms with Gasteiger partial charge in [0.1, 0.15) is 0 Å². The number of carbonyl (C=O) groups excluding carboxylic acids is 1. The van der Waals surface area contributed by atoms with E-state index in [1.165, 1.54) is 12.8 Å². The van der Waals surface area contributed by atoms with E-state index in [0.29, 0.717) is 6.42 Å². The minimum absolute atomic E-state index is 0.105. The molecular weight excluding hydrogens is 446 g/mol. The topological polar surface area (TPSA) is 69.6 Å². The summed E-state index contributed by atoms with van der Waals surface area (Å²) >= 11 is 0. The van der Waals surface area contributed by atoms with E-state index in [1.54, 1.807) is 6.08 Å². The Morgan fingerprint density at radius 1 is 0.722 bits per heavy atom. The van der Waals surface area contributed by atoms with E-state index in [9.17, 15) is 15.0 Å². The van der Waals surface area contributed by atoms with E-state index in [0.717, 1.165) is 70.6 Å². The lowest BCUT2D eigenvalue weighted by Gasteiger charge is -2.19. The molecule has 0 rings (SSSR count). The molecule has 0 heterocycles. The first-order valence-electron chi connectivity index (χ1n) is 14.1. The third-order valence-corrected chi connectivity index (χ3v) is 5.75. The smallest absolute Gasteiger partial charge is 0.220 e. The fourth-order valence-electron chi connectivity index (χ4n) is 3.58. The molecule has 2 unspecified atom stereocenters. The maximum Gasteiger partial charge on any atom is 0.220 e. The molecule has 0 saturated carbocycles. The molecule has 4 heteroatoms. The van der Waals surface area contributed by atoms with E-state index in [4.69, 9.17) is 0 Å². The molecule has 0 aliphatic heterocycles. The van der Waals surface area contributed by atoms with Gasteiger partial charge in [-0.25, -0.2) is 0 Å². The molecule has 36 heavy (non-hydrogen) atoms. The minimum atomic E-state index is -0.876. The summed E-state index contributed by atoms with van der Waals surface area (Å²) in [5.41, 5.74) is 0. The molecule has 4 nitrogen and oxygen atoms in total. The molecule has 204 valence electrons. The van der Waals surface area contributed by atoms with E-state index in [-0.39, 0.29) is 12.5 Å². The monoisotopic (exact) mass is 499 g/mol. The Morgan fingerprint density at radius 2 is 1.28 bits per heavy atom. The van der Waals surface area contributed by atoms with Crippen molar-refractivity contribution in [1.82, 2.24) is 5.32 Å².